The molecular weight excluding hydrogens is 206 g/mol. The fourth-order valence-electron chi connectivity index (χ4n) is 2.45. The fourth-order valence-corrected chi connectivity index (χ4v) is 2.45. The zero-order chi connectivity index (χ0) is 12.1. The number of rotatable bonds is 5. The summed E-state index contributed by atoms with van der Waals surface area (Å²) in [7, 11) is 1.40. The van der Waals surface area contributed by atoms with E-state index in [0.29, 0.717) is 18.9 Å². The average molecular weight is 229 g/mol. The summed E-state index contributed by atoms with van der Waals surface area (Å²) in [5.41, 5.74) is 0. The number of carbonyl (C=O) groups excluding carboxylic acids is 1. The second kappa shape index (κ2) is 6.21. The van der Waals surface area contributed by atoms with Crippen LogP contribution in [0.25, 0.3) is 0 Å². The van der Waals surface area contributed by atoms with Gasteiger partial charge in [-0.2, -0.15) is 0 Å². The molecule has 0 aliphatic carbocycles. The van der Waals surface area contributed by atoms with Crippen molar-refractivity contribution in [3.05, 3.63) is 0 Å². The minimum Gasteiger partial charge on any atom is -0.468 e. The van der Waals surface area contributed by atoms with Crippen molar-refractivity contribution >= 4 is 5.97 Å². The van der Waals surface area contributed by atoms with E-state index in [9.17, 15) is 9.90 Å². The van der Waals surface area contributed by atoms with Crippen LogP contribution in [0.4, 0.5) is 0 Å². The zero-order valence-corrected chi connectivity index (χ0v) is 10.5. The Labute approximate surface area is 97.6 Å². The van der Waals surface area contributed by atoms with Gasteiger partial charge in [0, 0.05) is 19.5 Å². The Kier molecular flexibility index (Phi) is 5.22. The Balaban J connectivity index is 2.52. The molecule has 0 aromatic carbocycles. The number of ether oxygens (including phenoxy) is 1. The summed E-state index contributed by atoms with van der Waals surface area (Å²) in [6.07, 6.45) is 2.42. The molecule has 1 N–H and O–H groups in total. The van der Waals surface area contributed by atoms with Crippen LogP contribution in [0.3, 0.4) is 0 Å². The molecule has 16 heavy (non-hydrogen) atoms. The number of methoxy groups -OCH3 is 1. The first kappa shape index (κ1) is 13.5. The highest BCUT2D eigenvalue weighted by Crippen LogP contribution is 2.21. The van der Waals surface area contributed by atoms with E-state index in [1.54, 1.807) is 0 Å². The number of aliphatic hydroxyl groups excluding tert-OH is 1. The van der Waals surface area contributed by atoms with Crippen LogP contribution in [-0.4, -0.2) is 48.3 Å². The third-order valence-corrected chi connectivity index (χ3v) is 3.18. The molecule has 0 saturated carbocycles. The van der Waals surface area contributed by atoms with Crippen molar-refractivity contribution in [3.63, 3.8) is 0 Å². The van der Waals surface area contributed by atoms with Gasteiger partial charge in [0.1, 0.15) is 6.04 Å². The molecule has 4 nitrogen and oxygen atoms in total. The first-order chi connectivity index (χ1) is 7.58. The molecule has 0 bridgehead atoms. The Hall–Kier alpha value is -0.610. The van der Waals surface area contributed by atoms with E-state index < -0.39 is 6.10 Å². The smallest absolute Gasteiger partial charge is 0.323 e. The molecule has 0 aromatic heterocycles. The number of hydrogen-bond acceptors (Lipinski definition) is 4. The van der Waals surface area contributed by atoms with Gasteiger partial charge in [0.05, 0.1) is 13.2 Å². The van der Waals surface area contributed by atoms with Crippen LogP contribution in [0.1, 0.15) is 33.1 Å². The average Bonchev–Trinajstić information content (AvgIpc) is 2.58. The van der Waals surface area contributed by atoms with Gasteiger partial charge in [0.15, 0.2) is 0 Å². The molecule has 1 aliphatic heterocycles. The van der Waals surface area contributed by atoms with Crippen LogP contribution in [0.2, 0.25) is 0 Å². The van der Waals surface area contributed by atoms with Crippen molar-refractivity contribution in [3.8, 4) is 0 Å². The van der Waals surface area contributed by atoms with Crippen molar-refractivity contribution in [1.82, 2.24) is 4.90 Å². The summed E-state index contributed by atoms with van der Waals surface area (Å²) in [6, 6.07) is -0.251. The molecule has 1 saturated heterocycles. The highest BCUT2D eigenvalue weighted by Gasteiger charge is 2.36. The summed E-state index contributed by atoms with van der Waals surface area (Å²) in [5, 5.41) is 9.61. The van der Waals surface area contributed by atoms with Crippen molar-refractivity contribution in [1.29, 1.82) is 0 Å². The lowest BCUT2D eigenvalue weighted by Crippen LogP contribution is -2.39. The number of nitrogens with zero attached hydrogens (tertiary/aromatic N) is 1. The Morgan fingerprint density at radius 2 is 2.31 bits per heavy atom. The molecule has 1 rings (SSSR count). The molecule has 0 spiro atoms. The topological polar surface area (TPSA) is 49.8 Å². The van der Waals surface area contributed by atoms with Gasteiger partial charge >= 0.3 is 5.97 Å². The number of β-amino-alcohol motifs (C(OH)–C–C–N with tert-alkyl or cyclic N) is 1. The summed E-state index contributed by atoms with van der Waals surface area (Å²) in [5.74, 6) is 0.336. The molecule has 4 heteroatoms. The van der Waals surface area contributed by atoms with E-state index in [1.165, 1.54) is 7.11 Å². The van der Waals surface area contributed by atoms with E-state index in [1.807, 2.05) is 0 Å². The third kappa shape index (κ3) is 3.46. The van der Waals surface area contributed by atoms with E-state index >= 15 is 0 Å². The van der Waals surface area contributed by atoms with E-state index in [2.05, 4.69) is 18.7 Å². The Bertz CT molecular complexity index is 232. The monoisotopic (exact) mass is 229 g/mol. The zero-order valence-electron chi connectivity index (χ0n) is 10.5. The van der Waals surface area contributed by atoms with Crippen LogP contribution in [0, 0.1) is 5.92 Å². The van der Waals surface area contributed by atoms with Crippen LogP contribution in [-0.2, 0) is 9.53 Å². The normalized spacial score (nSPS) is 28.0. The maximum absolute atomic E-state index is 11.5. The number of hydrogen-bond donors (Lipinski definition) is 1. The predicted molar refractivity (Wildman–Crippen MR) is 62.1 cm³/mol. The summed E-state index contributed by atoms with van der Waals surface area (Å²) in [6.45, 7) is 5.80. The Morgan fingerprint density at radius 1 is 1.62 bits per heavy atom. The van der Waals surface area contributed by atoms with Crippen LogP contribution in [0.5, 0.6) is 0 Å². The second-order valence-electron chi connectivity index (χ2n) is 4.78. The highest BCUT2D eigenvalue weighted by atomic mass is 16.5. The van der Waals surface area contributed by atoms with Crippen molar-refractivity contribution in [2.24, 2.45) is 5.92 Å². The van der Waals surface area contributed by atoms with Crippen molar-refractivity contribution < 1.29 is 14.6 Å². The molecule has 3 atom stereocenters. The van der Waals surface area contributed by atoms with Crippen LogP contribution >= 0.6 is 0 Å². The van der Waals surface area contributed by atoms with Gasteiger partial charge in [0.2, 0.25) is 0 Å². The lowest BCUT2D eigenvalue weighted by molar-refractivity contribution is -0.146. The molecule has 3 unspecified atom stereocenters. The highest BCUT2D eigenvalue weighted by molar-refractivity contribution is 5.76. The predicted octanol–water partition coefficient (Wildman–Crippen LogP) is 1.03. The first-order valence-electron chi connectivity index (χ1n) is 6.08. The molecule has 1 aliphatic rings. The van der Waals surface area contributed by atoms with Crippen molar-refractivity contribution in [2.45, 2.75) is 45.3 Å². The minimum absolute atomic E-state index is 0.222. The van der Waals surface area contributed by atoms with E-state index in [-0.39, 0.29) is 12.0 Å². The van der Waals surface area contributed by atoms with E-state index in [0.717, 1.165) is 19.4 Å². The maximum atomic E-state index is 11.5. The molecule has 1 fully saturated rings. The lowest BCUT2D eigenvalue weighted by Gasteiger charge is -2.25. The summed E-state index contributed by atoms with van der Waals surface area (Å²) in [4.78, 5) is 13.6. The first-order valence-corrected chi connectivity index (χ1v) is 6.08. The quantitative estimate of drug-likeness (QED) is 0.715. The minimum atomic E-state index is -0.391. The Morgan fingerprint density at radius 3 is 2.88 bits per heavy atom. The number of aliphatic hydroxyl groups is 1. The third-order valence-electron chi connectivity index (χ3n) is 3.18. The molecule has 0 radical (unpaired) electrons. The van der Waals surface area contributed by atoms with Gasteiger partial charge in [-0.15, -0.1) is 0 Å². The van der Waals surface area contributed by atoms with E-state index in [4.69, 9.17) is 4.74 Å². The number of carbonyl (C=O) groups is 1. The molecule has 1 heterocycles. The van der Waals surface area contributed by atoms with Gasteiger partial charge in [-0.25, -0.2) is 0 Å². The largest absolute Gasteiger partial charge is 0.468 e. The fraction of sp³-hybridized carbons (Fsp3) is 0.917. The number of esters is 1. The molecule has 0 amide bonds. The van der Waals surface area contributed by atoms with Gasteiger partial charge in [-0.3, -0.25) is 9.69 Å². The molecule has 94 valence electrons. The SMILES string of the molecule is CCCC(C)CN1CC(O)CC1C(=O)OC. The summed E-state index contributed by atoms with van der Waals surface area (Å²) >= 11 is 0. The standard InChI is InChI=1S/C12H23NO3/c1-4-5-9(2)7-13-8-10(14)6-11(13)12(15)16-3/h9-11,14H,4-8H2,1-3H3. The van der Waals surface area contributed by atoms with Gasteiger partial charge in [0.25, 0.3) is 0 Å². The van der Waals surface area contributed by atoms with Crippen molar-refractivity contribution in [2.75, 3.05) is 20.2 Å². The van der Waals surface area contributed by atoms with Gasteiger partial charge in [-0.05, 0) is 12.3 Å². The molecular formula is C12H23NO3. The van der Waals surface area contributed by atoms with Gasteiger partial charge < -0.3 is 9.84 Å². The maximum Gasteiger partial charge on any atom is 0.323 e. The summed E-state index contributed by atoms with van der Waals surface area (Å²) < 4.78 is 4.76. The van der Waals surface area contributed by atoms with Gasteiger partial charge in [-0.1, -0.05) is 20.3 Å². The lowest BCUT2D eigenvalue weighted by atomic mass is 10.1. The second-order valence-corrected chi connectivity index (χ2v) is 4.78. The van der Waals surface area contributed by atoms with Crippen LogP contribution in [0.15, 0.2) is 0 Å². The van der Waals surface area contributed by atoms with Crippen LogP contribution < -0.4 is 0 Å². The molecule has 0 aromatic rings. The number of likely N-dealkylation sites (tertiary alicyclic amines) is 1.